The topological polar surface area (TPSA) is 61.3 Å². The van der Waals surface area contributed by atoms with Crippen molar-refractivity contribution in [2.45, 2.75) is 38.2 Å². The molecule has 0 spiro atoms. The third-order valence-corrected chi connectivity index (χ3v) is 2.66. The first-order chi connectivity index (χ1) is 7.40. The number of aromatic nitrogens is 1. The van der Waals surface area contributed by atoms with Crippen molar-refractivity contribution < 1.29 is 9.15 Å². The number of hydrogen-bond donors (Lipinski definition) is 1. The van der Waals surface area contributed by atoms with Gasteiger partial charge >= 0.3 is 0 Å². The molecule has 0 saturated carbocycles. The number of hydrogen-bond acceptors (Lipinski definition) is 4. The summed E-state index contributed by atoms with van der Waals surface area (Å²) in [6.45, 7) is 1.52. The molecule has 1 aliphatic rings. The van der Waals surface area contributed by atoms with Crippen LogP contribution in [0.5, 0.6) is 0 Å². The molecule has 84 valence electrons. The number of aryl methyl sites for hydroxylation is 1. The van der Waals surface area contributed by atoms with E-state index in [1.54, 1.807) is 6.20 Å². The Bertz CT molecular complexity index is 293. The molecule has 1 saturated heterocycles. The Labute approximate surface area is 89.8 Å². The monoisotopic (exact) mass is 210 g/mol. The van der Waals surface area contributed by atoms with Gasteiger partial charge < -0.3 is 14.9 Å². The van der Waals surface area contributed by atoms with Crippen LogP contribution in [0.25, 0.3) is 0 Å². The standard InChI is InChI=1S/C11H18N2O2/c12-6-3-5-11-13-8-10(15-11)9-4-1-2-7-14-9/h8-9H,1-7,12H2. The molecule has 1 aliphatic heterocycles. The van der Waals surface area contributed by atoms with Gasteiger partial charge in [-0.05, 0) is 32.2 Å². The molecule has 4 nitrogen and oxygen atoms in total. The van der Waals surface area contributed by atoms with Crippen LogP contribution in [0.2, 0.25) is 0 Å². The van der Waals surface area contributed by atoms with Crippen molar-refractivity contribution >= 4 is 0 Å². The first-order valence-corrected chi connectivity index (χ1v) is 5.66. The van der Waals surface area contributed by atoms with Crippen LogP contribution in [0, 0.1) is 0 Å². The highest BCUT2D eigenvalue weighted by atomic mass is 16.5. The van der Waals surface area contributed by atoms with E-state index in [1.807, 2.05) is 0 Å². The fourth-order valence-electron chi connectivity index (χ4n) is 1.81. The first-order valence-electron chi connectivity index (χ1n) is 5.66. The fraction of sp³-hybridized carbons (Fsp3) is 0.727. The molecule has 2 N–H and O–H groups in total. The van der Waals surface area contributed by atoms with Crippen LogP contribution in [0.1, 0.15) is 43.4 Å². The summed E-state index contributed by atoms with van der Waals surface area (Å²) in [6, 6.07) is 0. The number of ether oxygens (including phenoxy) is 1. The number of rotatable bonds is 4. The van der Waals surface area contributed by atoms with Gasteiger partial charge in [0.2, 0.25) is 0 Å². The zero-order valence-electron chi connectivity index (χ0n) is 8.95. The summed E-state index contributed by atoms with van der Waals surface area (Å²) in [7, 11) is 0. The van der Waals surface area contributed by atoms with E-state index >= 15 is 0 Å². The van der Waals surface area contributed by atoms with Gasteiger partial charge in [0.25, 0.3) is 0 Å². The van der Waals surface area contributed by atoms with E-state index in [0.29, 0.717) is 6.54 Å². The summed E-state index contributed by atoms with van der Waals surface area (Å²) in [6.07, 6.45) is 7.08. The third-order valence-electron chi connectivity index (χ3n) is 2.66. The van der Waals surface area contributed by atoms with Gasteiger partial charge in [-0.2, -0.15) is 0 Å². The van der Waals surface area contributed by atoms with Crippen molar-refractivity contribution in [1.82, 2.24) is 4.98 Å². The van der Waals surface area contributed by atoms with Gasteiger partial charge in [-0.1, -0.05) is 0 Å². The Morgan fingerprint density at radius 2 is 2.40 bits per heavy atom. The second-order valence-electron chi connectivity index (χ2n) is 3.90. The lowest BCUT2D eigenvalue weighted by Gasteiger charge is -2.19. The molecule has 2 rings (SSSR count). The molecule has 0 aromatic carbocycles. The Kier molecular flexibility index (Phi) is 3.75. The lowest BCUT2D eigenvalue weighted by molar-refractivity contribution is 0.00127. The summed E-state index contributed by atoms with van der Waals surface area (Å²) in [5.74, 6) is 1.66. The van der Waals surface area contributed by atoms with Gasteiger partial charge in [0.1, 0.15) is 6.10 Å². The van der Waals surface area contributed by atoms with Crippen LogP contribution in [-0.2, 0) is 11.2 Å². The van der Waals surface area contributed by atoms with Gasteiger partial charge in [-0.25, -0.2) is 4.98 Å². The minimum absolute atomic E-state index is 0.123. The molecule has 0 bridgehead atoms. The Morgan fingerprint density at radius 1 is 1.47 bits per heavy atom. The summed E-state index contributed by atoms with van der Waals surface area (Å²) < 4.78 is 11.3. The minimum atomic E-state index is 0.123. The highest BCUT2D eigenvalue weighted by molar-refractivity contribution is 4.99. The highest BCUT2D eigenvalue weighted by Gasteiger charge is 2.19. The summed E-state index contributed by atoms with van der Waals surface area (Å²) in [4.78, 5) is 4.23. The highest BCUT2D eigenvalue weighted by Crippen LogP contribution is 2.28. The molecule has 15 heavy (non-hydrogen) atoms. The fourth-order valence-corrected chi connectivity index (χ4v) is 1.81. The molecule has 1 aromatic rings. The third kappa shape index (κ3) is 2.79. The van der Waals surface area contributed by atoms with Gasteiger partial charge in [0.05, 0.1) is 6.20 Å². The van der Waals surface area contributed by atoms with E-state index in [0.717, 1.165) is 43.9 Å². The molecule has 0 amide bonds. The van der Waals surface area contributed by atoms with E-state index in [4.69, 9.17) is 14.9 Å². The molecule has 0 aliphatic carbocycles. The van der Waals surface area contributed by atoms with Crippen molar-refractivity contribution in [2.24, 2.45) is 5.73 Å². The molecular formula is C11H18N2O2. The summed E-state index contributed by atoms with van der Waals surface area (Å²) in [5, 5.41) is 0. The second kappa shape index (κ2) is 5.28. The van der Waals surface area contributed by atoms with Gasteiger partial charge in [0, 0.05) is 13.0 Å². The van der Waals surface area contributed by atoms with Crippen LogP contribution >= 0.6 is 0 Å². The van der Waals surface area contributed by atoms with Crippen molar-refractivity contribution in [3.8, 4) is 0 Å². The van der Waals surface area contributed by atoms with E-state index in [9.17, 15) is 0 Å². The predicted molar refractivity (Wildman–Crippen MR) is 56.4 cm³/mol. The van der Waals surface area contributed by atoms with Gasteiger partial charge in [0.15, 0.2) is 11.7 Å². The molecule has 1 aromatic heterocycles. The van der Waals surface area contributed by atoms with Crippen molar-refractivity contribution in [3.05, 3.63) is 17.8 Å². The lowest BCUT2D eigenvalue weighted by atomic mass is 10.1. The van der Waals surface area contributed by atoms with Crippen LogP contribution in [-0.4, -0.2) is 18.1 Å². The number of nitrogens with two attached hydrogens (primary N) is 1. The van der Waals surface area contributed by atoms with Gasteiger partial charge in [-0.3, -0.25) is 0 Å². The van der Waals surface area contributed by atoms with E-state index < -0.39 is 0 Å². The maximum atomic E-state index is 5.63. The average molecular weight is 210 g/mol. The molecular weight excluding hydrogens is 192 g/mol. The summed E-state index contributed by atoms with van der Waals surface area (Å²) >= 11 is 0. The molecule has 1 unspecified atom stereocenters. The molecule has 2 heterocycles. The largest absolute Gasteiger partial charge is 0.443 e. The molecule has 1 fully saturated rings. The molecule has 1 atom stereocenters. The van der Waals surface area contributed by atoms with Crippen LogP contribution < -0.4 is 5.73 Å². The zero-order chi connectivity index (χ0) is 10.5. The van der Waals surface area contributed by atoms with Crippen molar-refractivity contribution in [2.75, 3.05) is 13.2 Å². The predicted octanol–water partition coefficient (Wildman–Crippen LogP) is 1.81. The molecule has 0 radical (unpaired) electrons. The average Bonchev–Trinajstić information content (AvgIpc) is 2.76. The van der Waals surface area contributed by atoms with Crippen molar-refractivity contribution in [3.63, 3.8) is 0 Å². The quantitative estimate of drug-likeness (QED) is 0.823. The van der Waals surface area contributed by atoms with Crippen LogP contribution in [0.15, 0.2) is 10.6 Å². The maximum Gasteiger partial charge on any atom is 0.194 e. The van der Waals surface area contributed by atoms with Crippen molar-refractivity contribution in [1.29, 1.82) is 0 Å². The Hall–Kier alpha value is -0.870. The van der Waals surface area contributed by atoms with Crippen LogP contribution in [0.3, 0.4) is 0 Å². The SMILES string of the molecule is NCCCc1ncc(C2CCCCO2)o1. The summed E-state index contributed by atoms with van der Waals surface area (Å²) in [5.41, 5.74) is 5.43. The Balaban J connectivity index is 1.93. The normalized spacial score (nSPS) is 21.8. The second-order valence-corrected chi connectivity index (χ2v) is 3.90. The zero-order valence-corrected chi connectivity index (χ0v) is 8.95. The van der Waals surface area contributed by atoms with E-state index in [2.05, 4.69) is 4.98 Å². The van der Waals surface area contributed by atoms with Crippen LogP contribution in [0.4, 0.5) is 0 Å². The first kappa shape index (κ1) is 10.6. The number of nitrogens with zero attached hydrogens (tertiary/aromatic N) is 1. The lowest BCUT2D eigenvalue weighted by Crippen LogP contribution is -2.10. The molecule has 4 heteroatoms. The maximum absolute atomic E-state index is 5.63. The van der Waals surface area contributed by atoms with E-state index in [-0.39, 0.29) is 6.10 Å². The smallest absolute Gasteiger partial charge is 0.194 e. The number of oxazole rings is 1. The minimum Gasteiger partial charge on any atom is -0.443 e. The van der Waals surface area contributed by atoms with E-state index in [1.165, 1.54) is 6.42 Å². The Morgan fingerprint density at radius 3 is 3.13 bits per heavy atom. The van der Waals surface area contributed by atoms with Gasteiger partial charge in [-0.15, -0.1) is 0 Å².